The summed E-state index contributed by atoms with van der Waals surface area (Å²) in [6.45, 7) is 5.48. The third-order valence-electron chi connectivity index (χ3n) is 9.64. The number of aromatic nitrogens is 3. The zero-order valence-corrected chi connectivity index (χ0v) is 24.3. The number of aldehydes is 1. The van der Waals surface area contributed by atoms with Gasteiger partial charge in [0.2, 0.25) is 0 Å². The molecule has 8 nitrogen and oxygen atoms in total. The fourth-order valence-corrected chi connectivity index (χ4v) is 7.52. The van der Waals surface area contributed by atoms with Crippen LogP contribution in [0.25, 0.3) is 32.9 Å². The zero-order chi connectivity index (χ0) is 29.7. The average Bonchev–Trinajstić information content (AvgIpc) is 3.61. The van der Waals surface area contributed by atoms with Crippen molar-refractivity contribution in [1.29, 1.82) is 0 Å². The first-order chi connectivity index (χ1) is 20.9. The van der Waals surface area contributed by atoms with E-state index in [0.29, 0.717) is 59.2 Å². The Balaban J connectivity index is 1.38. The van der Waals surface area contributed by atoms with Crippen molar-refractivity contribution >= 4 is 33.8 Å². The number of carbonyl (C=O) groups is 1. The molecule has 0 amide bonds. The number of fused-ring (bicyclic) bond motifs is 3. The van der Waals surface area contributed by atoms with E-state index in [0.717, 1.165) is 57.9 Å². The Kier molecular flexibility index (Phi) is 7.12. The predicted octanol–water partition coefficient (Wildman–Crippen LogP) is 5.81. The standard InChI is InChI=1S/C33H35F2N5O3/c1-2-23-26(34)8-7-21-14-22(42)15-24(27(21)23)29-28(35)30-25(16-36-29)31(39-11-3-6-20(17-39)18-41)38-32(37-30)43-19-33-9-4-12-40(33)13-5-10-33/h7-8,14-16,18,20,42H,2-6,9-13,17,19H2,1H3. The van der Waals surface area contributed by atoms with Gasteiger partial charge >= 0.3 is 6.01 Å². The van der Waals surface area contributed by atoms with Crippen LogP contribution in [0.5, 0.6) is 11.8 Å². The van der Waals surface area contributed by atoms with E-state index in [1.54, 1.807) is 6.07 Å². The molecule has 3 aliphatic rings. The van der Waals surface area contributed by atoms with Gasteiger partial charge in [0.15, 0.2) is 5.82 Å². The minimum atomic E-state index is -0.699. The Labute approximate surface area is 248 Å². The molecular weight excluding hydrogens is 552 g/mol. The molecule has 0 radical (unpaired) electrons. The molecule has 0 bridgehead atoms. The number of nitrogens with zero attached hydrogens (tertiary/aromatic N) is 5. The van der Waals surface area contributed by atoms with Crippen LogP contribution in [0, 0.1) is 17.6 Å². The number of phenolic OH excluding ortho intramolecular Hbond substituents is 1. The lowest BCUT2D eigenvalue weighted by Crippen LogP contribution is -2.43. The van der Waals surface area contributed by atoms with Crippen molar-refractivity contribution in [3.05, 3.63) is 47.7 Å². The van der Waals surface area contributed by atoms with Crippen molar-refractivity contribution < 1.29 is 23.4 Å². The minimum absolute atomic E-state index is 0.0370. The van der Waals surface area contributed by atoms with Crippen LogP contribution in [0.15, 0.2) is 30.5 Å². The molecule has 2 aromatic carbocycles. The number of piperidine rings is 1. The van der Waals surface area contributed by atoms with Gasteiger partial charge in [0.25, 0.3) is 0 Å². The van der Waals surface area contributed by atoms with E-state index in [-0.39, 0.29) is 34.4 Å². The predicted molar refractivity (Wildman–Crippen MR) is 161 cm³/mol. The first-order valence-corrected chi connectivity index (χ1v) is 15.3. The van der Waals surface area contributed by atoms with Crippen LogP contribution < -0.4 is 9.64 Å². The van der Waals surface area contributed by atoms with Crippen LogP contribution in [0.3, 0.4) is 0 Å². The maximum Gasteiger partial charge on any atom is 0.319 e. The first-order valence-electron chi connectivity index (χ1n) is 15.3. The summed E-state index contributed by atoms with van der Waals surface area (Å²) in [5.41, 5.74) is 0.668. The number of hydrogen-bond donors (Lipinski definition) is 1. The van der Waals surface area contributed by atoms with Gasteiger partial charge in [-0.1, -0.05) is 13.0 Å². The monoisotopic (exact) mass is 587 g/mol. The summed E-state index contributed by atoms with van der Waals surface area (Å²) in [5.74, 6) is -0.835. The molecule has 2 aromatic heterocycles. The molecule has 3 saturated heterocycles. The lowest BCUT2D eigenvalue weighted by molar-refractivity contribution is -0.111. The number of anilines is 1. The minimum Gasteiger partial charge on any atom is -0.508 e. The Morgan fingerprint density at radius 3 is 2.70 bits per heavy atom. The summed E-state index contributed by atoms with van der Waals surface area (Å²) in [7, 11) is 0. The average molecular weight is 588 g/mol. The number of phenols is 1. The van der Waals surface area contributed by atoms with E-state index in [9.17, 15) is 14.3 Å². The highest BCUT2D eigenvalue weighted by Gasteiger charge is 2.45. The van der Waals surface area contributed by atoms with E-state index in [2.05, 4.69) is 14.9 Å². The third-order valence-corrected chi connectivity index (χ3v) is 9.64. The summed E-state index contributed by atoms with van der Waals surface area (Å²) >= 11 is 0. The molecule has 1 unspecified atom stereocenters. The summed E-state index contributed by atoms with van der Waals surface area (Å²) in [4.78, 5) is 30.0. The second kappa shape index (κ2) is 11.0. The van der Waals surface area contributed by atoms with Crippen molar-refractivity contribution in [3.8, 4) is 23.0 Å². The van der Waals surface area contributed by atoms with Gasteiger partial charge < -0.3 is 19.5 Å². The quantitative estimate of drug-likeness (QED) is 0.271. The molecule has 3 aliphatic heterocycles. The molecular formula is C33H35F2N5O3. The van der Waals surface area contributed by atoms with Gasteiger partial charge in [-0.2, -0.15) is 9.97 Å². The van der Waals surface area contributed by atoms with Gasteiger partial charge in [0, 0.05) is 30.8 Å². The van der Waals surface area contributed by atoms with Crippen LogP contribution >= 0.6 is 0 Å². The Bertz CT molecular complexity index is 1720. The molecule has 1 atom stereocenters. The lowest BCUT2D eigenvalue weighted by Gasteiger charge is -2.33. The van der Waals surface area contributed by atoms with Crippen LogP contribution in [0.2, 0.25) is 0 Å². The molecule has 0 aliphatic carbocycles. The topological polar surface area (TPSA) is 91.7 Å². The molecule has 1 N–H and O–H groups in total. The molecule has 10 heteroatoms. The lowest BCUT2D eigenvalue weighted by atomic mass is 9.94. The number of benzene rings is 2. The highest BCUT2D eigenvalue weighted by atomic mass is 19.1. The van der Waals surface area contributed by atoms with E-state index in [1.165, 1.54) is 24.4 Å². The number of carbonyl (C=O) groups excluding carboxylic acids is 1. The van der Waals surface area contributed by atoms with Gasteiger partial charge in [-0.25, -0.2) is 8.78 Å². The zero-order valence-electron chi connectivity index (χ0n) is 24.3. The molecule has 4 aromatic rings. The Morgan fingerprint density at radius 2 is 1.93 bits per heavy atom. The summed E-state index contributed by atoms with van der Waals surface area (Å²) < 4.78 is 37.9. The number of aryl methyl sites for hydroxylation is 1. The van der Waals surface area contributed by atoms with Crippen LogP contribution in [-0.2, 0) is 11.2 Å². The van der Waals surface area contributed by atoms with E-state index >= 15 is 4.39 Å². The van der Waals surface area contributed by atoms with Gasteiger partial charge in [-0.3, -0.25) is 9.88 Å². The van der Waals surface area contributed by atoms with Gasteiger partial charge in [0.05, 0.1) is 10.9 Å². The van der Waals surface area contributed by atoms with Crippen LogP contribution in [0.4, 0.5) is 14.6 Å². The van der Waals surface area contributed by atoms with Crippen molar-refractivity contribution in [2.24, 2.45) is 5.92 Å². The van der Waals surface area contributed by atoms with Gasteiger partial charge in [0.1, 0.15) is 41.5 Å². The number of hydrogen-bond acceptors (Lipinski definition) is 8. The largest absolute Gasteiger partial charge is 0.508 e. The smallest absolute Gasteiger partial charge is 0.319 e. The number of aromatic hydroxyl groups is 1. The molecule has 0 spiro atoms. The molecule has 0 saturated carbocycles. The van der Waals surface area contributed by atoms with E-state index in [1.807, 2.05) is 11.8 Å². The summed E-state index contributed by atoms with van der Waals surface area (Å²) in [5, 5.41) is 12.0. The fourth-order valence-electron chi connectivity index (χ4n) is 7.52. The maximum absolute atomic E-state index is 16.7. The second-order valence-corrected chi connectivity index (χ2v) is 12.2. The normalized spacial score (nSPS) is 20.2. The number of rotatable bonds is 7. The molecule has 43 heavy (non-hydrogen) atoms. The number of halogens is 2. The summed E-state index contributed by atoms with van der Waals surface area (Å²) in [6, 6.07) is 5.98. The molecule has 3 fully saturated rings. The SMILES string of the molecule is CCc1c(F)ccc2cc(O)cc(-c3ncc4c(N5CCCC(C=O)C5)nc(OCC56CCCN5CCC6)nc4c3F)c12. The highest BCUT2D eigenvalue weighted by Crippen LogP contribution is 2.41. The van der Waals surface area contributed by atoms with Crippen molar-refractivity contribution in [1.82, 2.24) is 19.9 Å². The maximum atomic E-state index is 16.7. The highest BCUT2D eigenvalue weighted by molar-refractivity contribution is 6.01. The van der Waals surface area contributed by atoms with Crippen molar-refractivity contribution in [2.45, 2.75) is 57.4 Å². The Morgan fingerprint density at radius 1 is 1.12 bits per heavy atom. The van der Waals surface area contributed by atoms with Crippen LogP contribution in [-0.4, -0.2) is 69.6 Å². The molecule has 7 rings (SSSR count). The van der Waals surface area contributed by atoms with Gasteiger partial charge in [-0.05, 0) is 92.6 Å². The molecule has 5 heterocycles. The number of ether oxygens (including phenoxy) is 1. The third kappa shape index (κ3) is 4.76. The van der Waals surface area contributed by atoms with Crippen molar-refractivity contribution in [2.75, 3.05) is 37.7 Å². The fraction of sp³-hybridized carbons (Fsp3) is 0.455. The molecule has 224 valence electrons. The summed E-state index contributed by atoms with van der Waals surface area (Å²) in [6.07, 6.45) is 8.81. The van der Waals surface area contributed by atoms with E-state index in [4.69, 9.17) is 9.72 Å². The van der Waals surface area contributed by atoms with Gasteiger partial charge in [-0.15, -0.1) is 0 Å². The first kappa shape index (κ1) is 27.9. The number of pyridine rings is 1. The Hall–Kier alpha value is -3.92. The van der Waals surface area contributed by atoms with Crippen LogP contribution in [0.1, 0.15) is 51.0 Å². The van der Waals surface area contributed by atoms with Crippen molar-refractivity contribution in [3.63, 3.8) is 0 Å². The van der Waals surface area contributed by atoms with E-state index < -0.39 is 11.6 Å². The second-order valence-electron chi connectivity index (χ2n) is 12.2.